The molecule has 2 aromatic heterocycles. The van der Waals surface area contributed by atoms with Gasteiger partial charge in [-0.15, -0.1) is 0 Å². The second-order valence-electron chi connectivity index (χ2n) is 17.2. The molecule has 15 nitrogen and oxygen atoms in total. The van der Waals surface area contributed by atoms with Gasteiger partial charge in [-0.2, -0.15) is 0 Å². The van der Waals surface area contributed by atoms with E-state index in [1.165, 1.54) is 10.1 Å². The van der Waals surface area contributed by atoms with Crippen LogP contribution in [-0.4, -0.2) is 106 Å². The molecule has 4 aromatic rings. The third-order valence-corrected chi connectivity index (χ3v) is 13.5. The quantitative estimate of drug-likeness (QED) is 0.195. The fourth-order valence-electron chi connectivity index (χ4n) is 10.1. The number of likely N-dealkylation sites (tertiary alicyclic amines) is 2. The van der Waals surface area contributed by atoms with Crippen LogP contribution in [0.25, 0.3) is 10.8 Å². The molecule has 0 aliphatic carbocycles. The normalized spacial score (nSPS) is 22.4. The highest BCUT2D eigenvalue weighted by atomic mass is 16.2. The number of primary amides is 1. The number of pyridine rings is 1. The van der Waals surface area contributed by atoms with Gasteiger partial charge < -0.3 is 35.2 Å². The summed E-state index contributed by atoms with van der Waals surface area (Å²) in [5, 5.41) is 7.10. The molecule has 0 spiro atoms. The van der Waals surface area contributed by atoms with Gasteiger partial charge in [-0.1, -0.05) is 12.1 Å². The Morgan fingerprint density at radius 2 is 1.63 bits per heavy atom. The van der Waals surface area contributed by atoms with E-state index in [0.717, 1.165) is 108 Å². The lowest BCUT2D eigenvalue weighted by Gasteiger charge is -2.38. The van der Waals surface area contributed by atoms with E-state index in [1.54, 1.807) is 12.4 Å². The van der Waals surface area contributed by atoms with Crippen LogP contribution in [0.5, 0.6) is 0 Å². The number of anilines is 4. The molecule has 15 heteroatoms. The molecule has 0 saturated carbocycles. The van der Waals surface area contributed by atoms with Crippen molar-refractivity contribution in [3.05, 3.63) is 82.5 Å². The van der Waals surface area contributed by atoms with Crippen LogP contribution < -0.4 is 31.7 Å². The predicted octanol–water partition coefficient (Wildman–Crippen LogP) is 4.30. The Balaban J connectivity index is 0.756. The Bertz CT molecular complexity index is 2330. The zero-order chi connectivity index (χ0) is 41.3. The molecule has 5 saturated heterocycles. The molecular weight excluding hydrogens is 761 g/mol. The molecule has 60 heavy (non-hydrogen) atoms. The van der Waals surface area contributed by atoms with Gasteiger partial charge in [0.25, 0.3) is 11.5 Å². The number of piperidine rings is 4. The van der Waals surface area contributed by atoms with Gasteiger partial charge in [-0.3, -0.25) is 29.3 Å². The summed E-state index contributed by atoms with van der Waals surface area (Å²) in [6.45, 7) is 7.50. The number of nitrogens with zero attached hydrogens (tertiary/aromatic N) is 7. The first-order chi connectivity index (χ1) is 29.2. The van der Waals surface area contributed by atoms with Crippen LogP contribution in [-0.2, 0) is 14.4 Å². The van der Waals surface area contributed by atoms with Gasteiger partial charge in [0.15, 0.2) is 11.5 Å². The lowest BCUT2D eigenvalue weighted by atomic mass is 9.88. The van der Waals surface area contributed by atoms with E-state index in [0.29, 0.717) is 48.2 Å². The lowest BCUT2D eigenvalue weighted by molar-refractivity contribution is -0.136. The number of aromatic nitrogens is 3. The van der Waals surface area contributed by atoms with Crippen molar-refractivity contribution >= 4 is 57.4 Å². The highest BCUT2D eigenvalue weighted by Gasteiger charge is 2.33. The summed E-state index contributed by atoms with van der Waals surface area (Å²) in [5.74, 6) is 1.00. The van der Waals surface area contributed by atoms with Crippen molar-refractivity contribution in [3.8, 4) is 0 Å². The topological polar surface area (TPSA) is 179 Å². The number of carbonyl (C=O) groups is 4. The van der Waals surface area contributed by atoms with Gasteiger partial charge in [0.05, 0.1) is 6.20 Å². The first-order valence-electron chi connectivity index (χ1n) is 21.7. The summed E-state index contributed by atoms with van der Waals surface area (Å²) in [6.07, 6.45) is 11.8. The maximum Gasteiger partial charge on any atom is 0.271 e. The van der Waals surface area contributed by atoms with Crippen molar-refractivity contribution < 1.29 is 19.2 Å². The monoisotopic (exact) mass is 814 g/mol. The fourth-order valence-corrected chi connectivity index (χ4v) is 10.1. The summed E-state index contributed by atoms with van der Waals surface area (Å²) in [7, 11) is 0. The van der Waals surface area contributed by atoms with E-state index >= 15 is 0 Å². The molecule has 9 rings (SSSR count). The number of nitrogens with one attached hydrogen (secondary N) is 2. The van der Waals surface area contributed by atoms with Crippen molar-refractivity contribution in [3.63, 3.8) is 0 Å². The highest BCUT2D eigenvalue weighted by Crippen LogP contribution is 2.33. The second kappa shape index (κ2) is 17.0. The molecule has 5 aliphatic rings. The summed E-state index contributed by atoms with van der Waals surface area (Å²) >= 11 is 0. The van der Waals surface area contributed by atoms with Crippen molar-refractivity contribution in [2.24, 2.45) is 11.7 Å². The second-order valence-corrected chi connectivity index (χ2v) is 17.2. The Morgan fingerprint density at radius 3 is 2.37 bits per heavy atom. The molecule has 5 fully saturated rings. The summed E-state index contributed by atoms with van der Waals surface area (Å²) in [5.41, 5.74) is 8.84. The number of imide groups is 1. The minimum absolute atomic E-state index is 0.0967. The number of amides is 4. The minimum Gasteiger partial charge on any atom is -0.371 e. The molecule has 2 atom stereocenters. The minimum atomic E-state index is -0.667. The van der Waals surface area contributed by atoms with E-state index in [4.69, 9.17) is 10.7 Å². The van der Waals surface area contributed by atoms with Crippen LogP contribution >= 0.6 is 0 Å². The smallest absolute Gasteiger partial charge is 0.271 e. The number of carbonyl (C=O) groups excluding carboxylic acids is 4. The Labute approximate surface area is 349 Å². The molecule has 7 heterocycles. The molecule has 2 aromatic carbocycles. The van der Waals surface area contributed by atoms with Gasteiger partial charge in [-0.05, 0) is 124 Å². The maximum atomic E-state index is 13.3. The average Bonchev–Trinajstić information content (AvgIpc) is 3.70. The standard InChI is InChI=1S/C45H54N10O5/c46-42(58)41-43(49-38(26-47-41)53-18-1-3-35(28-53)54-19-2-4-40(54)57)48-33-7-5-30(6-8-33)31-15-20-51(21-16-31)27-29-13-22-52(23-14-29)34-9-10-36-32(25-34)17-24-55(45(36)60)37-11-12-39(56)50-44(37)59/h5-10,17,24-26,29,31,35,37H,1-4,11-16,18-23,27-28H2,(H2,46,58)(H,48,49)(H,50,56,59)/t35-,37?/m0/s1. The first-order valence-corrected chi connectivity index (χ1v) is 21.7. The number of rotatable bonds is 10. The molecule has 1 unspecified atom stereocenters. The Kier molecular flexibility index (Phi) is 11.2. The Morgan fingerprint density at radius 1 is 0.833 bits per heavy atom. The predicted molar refractivity (Wildman–Crippen MR) is 229 cm³/mol. The van der Waals surface area contributed by atoms with Gasteiger partial charge in [0, 0.05) is 81.1 Å². The van der Waals surface area contributed by atoms with Crippen LogP contribution in [0.2, 0.25) is 0 Å². The molecule has 0 bridgehead atoms. The summed E-state index contributed by atoms with van der Waals surface area (Å²) < 4.78 is 1.46. The molecule has 4 amide bonds. The molecule has 0 radical (unpaired) electrons. The van der Waals surface area contributed by atoms with E-state index < -0.39 is 17.9 Å². The number of fused-ring (bicyclic) bond motifs is 1. The number of benzene rings is 2. The maximum absolute atomic E-state index is 13.3. The van der Waals surface area contributed by atoms with Gasteiger partial charge >= 0.3 is 0 Å². The van der Waals surface area contributed by atoms with Gasteiger partial charge in [0.1, 0.15) is 11.9 Å². The molecule has 314 valence electrons. The fraction of sp³-hybridized carbons (Fsp3) is 0.489. The largest absolute Gasteiger partial charge is 0.371 e. The van der Waals surface area contributed by atoms with Crippen LogP contribution in [0, 0.1) is 5.92 Å². The molecule has 5 aliphatic heterocycles. The number of hydrogen-bond donors (Lipinski definition) is 3. The average molecular weight is 815 g/mol. The number of hydrogen-bond acceptors (Lipinski definition) is 11. The first kappa shape index (κ1) is 39.6. The number of nitrogens with two attached hydrogens (primary N) is 1. The van der Waals surface area contributed by atoms with Crippen molar-refractivity contribution in [2.75, 3.05) is 67.5 Å². The van der Waals surface area contributed by atoms with Crippen LogP contribution in [0.15, 0.2) is 65.7 Å². The summed E-state index contributed by atoms with van der Waals surface area (Å²) in [4.78, 5) is 80.6. The third kappa shape index (κ3) is 8.32. The van der Waals surface area contributed by atoms with Crippen molar-refractivity contribution in [2.45, 2.75) is 82.2 Å². The lowest BCUT2D eigenvalue weighted by Crippen LogP contribution is -2.48. The third-order valence-electron chi connectivity index (χ3n) is 13.5. The van der Waals surface area contributed by atoms with Crippen molar-refractivity contribution in [1.29, 1.82) is 0 Å². The van der Waals surface area contributed by atoms with Gasteiger partial charge in [-0.25, -0.2) is 9.97 Å². The summed E-state index contributed by atoms with van der Waals surface area (Å²) in [6, 6.07) is 15.8. The molecular formula is C45H54N10O5. The zero-order valence-corrected chi connectivity index (χ0v) is 34.1. The SMILES string of the molecule is NC(=O)c1ncc(N2CCC[C@H](N3CCCC3=O)C2)nc1Nc1ccc(C2CCN(CC3CCN(c4ccc5c(=O)n(C6CCC(=O)NC6=O)ccc5c4)CC3)CC2)cc1. The van der Waals surface area contributed by atoms with E-state index in [-0.39, 0.29) is 35.5 Å². The zero-order valence-electron chi connectivity index (χ0n) is 34.1. The van der Waals surface area contributed by atoms with Gasteiger partial charge in [0.2, 0.25) is 17.7 Å². The van der Waals surface area contributed by atoms with E-state index in [9.17, 15) is 24.0 Å². The Hall–Kier alpha value is -5.83. The van der Waals surface area contributed by atoms with Crippen molar-refractivity contribution in [1.82, 2.24) is 29.7 Å². The molecule has 4 N–H and O–H groups in total. The van der Waals surface area contributed by atoms with E-state index in [1.807, 2.05) is 35.2 Å². The highest BCUT2D eigenvalue weighted by molar-refractivity contribution is 5.99. The van der Waals surface area contributed by atoms with E-state index in [2.05, 4.69) is 48.5 Å². The van der Waals surface area contributed by atoms with Crippen LogP contribution in [0.1, 0.15) is 92.2 Å². The van der Waals surface area contributed by atoms with Crippen LogP contribution in [0.3, 0.4) is 0 Å². The van der Waals surface area contributed by atoms with Crippen LogP contribution in [0.4, 0.5) is 23.0 Å².